The van der Waals surface area contributed by atoms with Crippen LogP contribution in [0.1, 0.15) is 5.56 Å². The molecule has 0 bridgehead atoms. The van der Waals surface area contributed by atoms with Gasteiger partial charge in [-0.05, 0) is 28.5 Å². The van der Waals surface area contributed by atoms with Gasteiger partial charge in [-0.1, -0.05) is 0 Å². The first-order chi connectivity index (χ1) is 6.24. The molecule has 0 saturated heterocycles. The predicted molar refractivity (Wildman–Crippen MR) is 60.3 cm³/mol. The van der Waals surface area contributed by atoms with Gasteiger partial charge in [0, 0.05) is 5.88 Å². The molecular formula is C9H7ClOS2. The molecule has 2 aromatic rings. The van der Waals surface area contributed by atoms with E-state index in [-0.39, 0.29) is 5.75 Å². The minimum absolute atomic E-state index is 0.221. The number of halogens is 1. The van der Waals surface area contributed by atoms with E-state index in [2.05, 4.69) is 12.6 Å². The van der Waals surface area contributed by atoms with Gasteiger partial charge in [0.25, 0.3) is 0 Å². The lowest BCUT2D eigenvalue weighted by Gasteiger charge is -1.99. The standard InChI is InChI=1S/C9H7ClOS2/c10-3-5-4-13-9-6(5)1-2-7(11)8(9)12/h1-2,4,11-12H,3H2. The Labute approximate surface area is 90.4 Å². The molecular weight excluding hydrogens is 224 g/mol. The summed E-state index contributed by atoms with van der Waals surface area (Å²) in [6.45, 7) is 0. The highest BCUT2D eigenvalue weighted by atomic mass is 35.5. The van der Waals surface area contributed by atoms with Crippen LogP contribution < -0.4 is 0 Å². The summed E-state index contributed by atoms with van der Waals surface area (Å²) in [5, 5.41) is 12.5. The third-order valence-electron chi connectivity index (χ3n) is 1.92. The van der Waals surface area contributed by atoms with Crippen molar-refractivity contribution in [3.05, 3.63) is 23.1 Å². The van der Waals surface area contributed by atoms with Gasteiger partial charge in [0.05, 0.1) is 9.60 Å². The van der Waals surface area contributed by atoms with E-state index in [1.165, 1.54) is 0 Å². The second-order valence-electron chi connectivity index (χ2n) is 2.70. The molecule has 0 saturated carbocycles. The Morgan fingerprint density at radius 1 is 1.46 bits per heavy atom. The molecule has 1 aromatic heterocycles. The Morgan fingerprint density at radius 2 is 2.23 bits per heavy atom. The fourth-order valence-corrected chi connectivity index (χ4v) is 2.91. The minimum Gasteiger partial charge on any atom is -0.507 e. The predicted octanol–water partition coefficient (Wildman–Crippen LogP) is 3.63. The second-order valence-corrected chi connectivity index (χ2v) is 4.30. The fourth-order valence-electron chi connectivity index (χ4n) is 1.23. The van der Waals surface area contributed by atoms with E-state index >= 15 is 0 Å². The molecule has 2 rings (SSSR count). The zero-order chi connectivity index (χ0) is 9.42. The van der Waals surface area contributed by atoms with Crippen molar-refractivity contribution >= 4 is 45.7 Å². The highest BCUT2D eigenvalue weighted by Crippen LogP contribution is 2.36. The summed E-state index contributed by atoms with van der Waals surface area (Å²) in [6.07, 6.45) is 0. The summed E-state index contributed by atoms with van der Waals surface area (Å²) >= 11 is 11.6. The van der Waals surface area contributed by atoms with E-state index < -0.39 is 0 Å². The topological polar surface area (TPSA) is 20.2 Å². The van der Waals surface area contributed by atoms with Crippen LogP contribution >= 0.6 is 35.6 Å². The summed E-state index contributed by atoms with van der Waals surface area (Å²) in [7, 11) is 0. The maximum absolute atomic E-state index is 9.40. The lowest BCUT2D eigenvalue weighted by molar-refractivity contribution is 0.464. The molecule has 0 fully saturated rings. The van der Waals surface area contributed by atoms with Gasteiger partial charge in [0.15, 0.2) is 0 Å². The number of phenolic OH excluding ortho intramolecular Hbond substituents is 1. The third kappa shape index (κ3) is 1.41. The van der Waals surface area contributed by atoms with E-state index in [1.54, 1.807) is 17.4 Å². The first-order valence-electron chi connectivity index (χ1n) is 3.71. The van der Waals surface area contributed by atoms with Crippen LogP contribution in [0.4, 0.5) is 0 Å². The number of thiol groups is 1. The zero-order valence-corrected chi connectivity index (χ0v) is 9.09. The monoisotopic (exact) mass is 230 g/mol. The molecule has 13 heavy (non-hydrogen) atoms. The zero-order valence-electron chi connectivity index (χ0n) is 6.62. The first kappa shape index (κ1) is 9.19. The molecule has 0 aliphatic rings. The summed E-state index contributed by atoms with van der Waals surface area (Å²) < 4.78 is 0.999. The lowest BCUT2D eigenvalue weighted by Crippen LogP contribution is -1.74. The van der Waals surface area contributed by atoms with E-state index in [1.807, 2.05) is 11.4 Å². The van der Waals surface area contributed by atoms with Crippen molar-refractivity contribution < 1.29 is 5.11 Å². The van der Waals surface area contributed by atoms with Gasteiger partial charge >= 0.3 is 0 Å². The van der Waals surface area contributed by atoms with Crippen LogP contribution in [0.5, 0.6) is 5.75 Å². The van der Waals surface area contributed by atoms with Crippen LogP contribution in [-0.4, -0.2) is 5.11 Å². The number of aromatic hydroxyl groups is 1. The van der Waals surface area contributed by atoms with E-state index in [0.29, 0.717) is 10.8 Å². The molecule has 1 nitrogen and oxygen atoms in total. The fraction of sp³-hybridized carbons (Fsp3) is 0.111. The molecule has 4 heteroatoms. The molecule has 1 heterocycles. The minimum atomic E-state index is 0.221. The number of rotatable bonds is 1. The molecule has 1 N–H and O–H groups in total. The molecule has 0 unspecified atom stereocenters. The number of thiophene rings is 1. The van der Waals surface area contributed by atoms with Crippen LogP contribution in [0.25, 0.3) is 10.1 Å². The molecule has 0 aliphatic heterocycles. The van der Waals surface area contributed by atoms with Crippen molar-refractivity contribution in [1.29, 1.82) is 0 Å². The summed E-state index contributed by atoms with van der Waals surface area (Å²) in [5.74, 6) is 0.719. The molecule has 68 valence electrons. The Hall–Kier alpha value is -0.380. The van der Waals surface area contributed by atoms with Gasteiger partial charge in [0.1, 0.15) is 5.75 Å². The van der Waals surface area contributed by atoms with Gasteiger partial charge in [-0.25, -0.2) is 0 Å². The molecule has 0 spiro atoms. The van der Waals surface area contributed by atoms with Crippen LogP contribution in [-0.2, 0) is 5.88 Å². The summed E-state index contributed by atoms with van der Waals surface area (Å²) in [6, 6.07) is 3.52. The number of phenols is 1. The van der Waals surface area contributed by atoms with E-state index in [9.17, 15) is 5.11 Å². The van der Waals surface area contributed by atoms with Crippen molar-refractivity contribution in [3.8, 4) is 5.75 Å². The Bertz CT molecular complexity index is 450. The molecule has 0 radical (unpaired) electrons. The number of fused-ring (bicyclic) bond motifs is 1. The maximum Gasteiger partial charge on any atom is 0.130 e. The number of benzene rings is 1. The third-order valence-corrected chi connectivity index (χ3v) is 3.87. The maximum atomic E-state index is 9.40. The normalized spacial score (nSPS) is 10.9. The first-order valence-corrected chi connectivity index (χ1v) is 5.57. The van der Waals surface area contributed by atoms with Crippen molar-refractivity contribution in [3.63, 3.8) is 0 Å². The van der Waals surface area contributed by atoms with Crippen molar-refractivity contribution in [1.82, 2.24) is 0 Å². The van der Waals surface area contributed by atoms with Gasteiger partial charge in [0.2, 0.25) is 0 Å². The number of alkyl halides is 1. The van der Waals surface area contributed by atoms with Gasteiger partial charge < -0.3 is 5.11 Å². The van der Waals surface area contributed by atoms with Crippen molar-refractivity contribution in [2.75, 3.05) is 0 Å². The summed E-state index contributed by atoms with van der Waals surface area (Å²) in [4.78, 5) is 0.638. The number of hydrogen-bond acceptors (Lipinski definition) is 3. The highest BCUT2D eigenvalue weighted by Gasteiger charge is 2.08. The highest BCUT2D eigenvalue weighted by molar-refractivity contribution is 7.80. The number of hydrogen-bond donors (Lipinski definition) is 2. The average molecular weight is 231 g/mol. The smallest absolute Gasteiger partial charge is 0.130 e. The molecule has 0 atom stereocenters. The van der Waals surface area contributed by atoms with Crippen molar-refractivity contribution in [2.45, 2.75) is 10.8 Å². The SMILES string of the molecule is Oc1ccc2c(CCl)csc2c1S. The van der Waals surface area contributed by atoms with Gasteiger partial charge in [-0.2, -0.15) is 0 Å². The van der Waals surface area contributed by atoms with E-state index in [4.69, 9.17) is 11.6 Å². The molecule has 1 aromatic carbocycles. The van der Waals surface area contributed by atoms with Crippen LogP contribution in [0.15, 0.2) is 22.4 Å². The van der Waals surface area contributed by atoms with E-state index in [0.717, 1.165) is 15.6 Å². The molecule has 0 aliphatic carbocycles. The van der Waals surface area contributed by atoms with Crippen molar-refractivity contribution in [2.24, 2.45) is 0 Å². The quantitative estimate of drug-likeness (QED) is 0.566. The van der Waals surface area contributed by atoms with Gasteiger partial charge in [-0.3, -0.25) is 0 Å². The Balaban J connectivity index is 2.81. The van der Waals surface area contributed by atoms with Crippen LogP contribution in [0, 0.1) is 0 Å². The molecule has 0 amide bonds. The lowest BCUT2D eigenvalue weighted by atomic mass is 10.2. The summed E-state index contributed by atoms with van der Waals surface area (Å²) in [5.41, 5.74) is 1.09. The van der Waals surface area contributed by atoms with Crippen LogP contribution in [0.3, 0.4) is 0 Å². The average Bonchev–Trinajstić information content (AvgIpc) is 2.55. The van der Waals surface area contributed by atoms with Crippen LogP contribution in [0.2, 0.25) is 0 Å². The Kier molecular flexibility index (Phi) is 2.41. The Morgan fingerprint density at radius 3 is 2.92 bits per heavy atom. The largest absolute Gasteiger partial charge is 0.507 e. The second kappa shape index (κ2) is 3.40. The van der Waals surface area contributed by atoms with Gasteiger partial charge in [-0.15, -0.1) is 35.6 Å².